The van der Waals surface area contributed by atoms with Crippen molar-refractivity contribution in [3.63, 3.8) is 0 Å². The van der Waals surface area contributed by atoms with Crippen LogP contribution in [0.15, 0.2) is 70.1 Å². The second-order valence-corrected chi connectivity index (χ2v) is 9.75. The molecule has 1 unspecified atom stereocenters. The SMILES string of the molecule is C=CCc1cc(/C=c2/sc3n(c2=O)C(c2ccc(Cl)cc2)C(C(=O)OCC)=C(C)N=3)cc(OCC)c1O. The van der Waals surface area contributed by atoms with E-state index in [0.717, 1.165) is 0 Å². The Balaban J connectivity index is 1.94. The van der Waals surface area contributed by atoms with Crippen LogP contribution < -0.4 is 19.6 Å². The van der Waals surface area contributed by atoms with Gasteiger partial charge in [-0.15, -0.1) is 6.58 Å². The van der Waals surface area contributed by atoms with E-state index >= 15 is 0 Å². The number of carbonyl (C=O) groups is 1. The highest BCUT2D eigenvalue weighted by atomic mass is 35.5. The van der Waals surface area contributed by atoms with Gasteiger partial charge in [0.1, 0.15) is 0 Å². The molecule has 0 saturated heterocycles. The van der Waals surface area contributed by atoms with E-state index in [0.29, 0.717) is 61.1 Å². The van der Waals surface area contributed by atoms with Crippen molar-refractivity contribution < 1.29 is 19.4 Å². The molecule has 37 heavy (non-hydrogen) atoms. The van der Waals surface area contributed by atoms with E-state index in [1.165, 1.54) is 15.9 Å². The Kier molecular flexibility index (Phi) is 8.00. The van der Waals surface area contributed by atoms with Crippen LogP contribution in [-0.4, -0.2) is 28.9 Å². The Bertz CT molecular complexity index is 1570. The lowest BCUT2D eigenvalue weighted by Crippen LogP contribution is -2.39. The van der Waals surface area contributed by atoms with Gasteiger partial charge >= 0.3 is 5.97 Å². The number of ether oxygens (including phenoxy) is 2. The first-order chi connectivity index (χ1) is 17.8. The Hall–Kier alpha value is -3.62. The van der Waals surface area contributed by atoms with E-state index in [4.69, 9.17) is 21.1 Å². The molecule has 0 fully saturated rings. The number of aromatic hydroxyl groups is 1. The van der Waals surface area contributed by atoms with Crippen LogP contribution in [0.25, 0.3) is 6.08 Å². The number of halogens is 1. The number of thiazole rings is 1. The third-order valence-electron chi connectivity index (χ3n) is 5.84. The highest BCUT2D eigenvalue weighted by molar-refractivity contribution is 7.07. The summed E-state index contributed by atoms with van der Waals surface area (Å²) in [4.78, 5) is 31.8. The molecule has 0 bridgehead atoms. The molecule has 1 atom stereocenters. The molecule has 9 heteroatoms. The number of allylic oxidation sites excluding steroid dienone is 2. The molecule has 1 aliphatic rings. The molecule has 0 spiro atoms. The van der Waals surface area contributed by atoms with Gasteiger partial charge in [0.25, 0.3) is 5.56 Å². The van der Waals surface area contributed by atoms with Gasteiger partial charge in [0.2, 0.25) is 0 Å². The van der Waals surface area contributed by atoms with E-state index in [9.17, 15) is 14.7 Å². The normalized spacial score (nSPS) is 15.2. The number of carbonyl (C=O) groups excluding carboxylic acids is 1. The van der Waals surface area contributed by atoms with Crippen molar-refractivity contribution in [2.24, 2.45) is 4.99 Å². The molecule has 0 amide bonds. The van der Waals surface area contributed by atoms with Crippen LogP contribution in [-0.2, 0) is 16.0 Å². The Morgan fingerprint density at radius 1 is 1.24 bits per heavy atom. The second kappa shape index (κ2) is 11.2. The molecule has 3 aromatic rings. The van der Waals surface area contributed by atoms with Gasteiger partial charge in [0, 0.05) is 10.6 Å². The zero-order valence-corrected chi connectivity index (χ0v) is 22.4. The fourth-order valence-corrected chi connectivity index (χ4v) is 5.43. The van der Waals surface area contributed by atoms with Crippen molar-refractivity contribution in [1.29, 1.82) is 0 Å². The number of aromatic nitrogens is 1. The Morgan fingerprint density at radius 2 is 1.97 bits per heavy atom. The topological polar surface area (TPSA) is 90.1 Å². The number of fused-ring (bicyclic) bond motifs is 1. The number of phenolic OH excluding ortho intramolecular Hbond substituents is 1. The first-order valence-corrected chi connectivity index (χ1v) is 13.0. The van der Waals surface area contributed by atoms with Crippen LogP contribution in [0.5, 0.6) is 11.5 Å². The van der Waals surface area contributed by atoms with Crippen molar-refractivity contribution in [2.45, 2.75) is 33.2 Å². The number of rotatable bonds is 8. The summed E-state index contributed by atoms with van der Waals surface area (Å²) in [5.74, 6) is -0.134. The lowest BCUT2D eigenvalue weighted by atomic mass is 9.96. The van der Waals surface area contributed by atoms with Gasteiger partial charge in [0.05, 0.1) is 35.1 Å². The fourth-order valence-electron chi connectivity index (χ4n) is 4.25. The summed E-state index contributed by atoms with van der Waals surface area (Å²) in [7, 11) is 0. The highest BCUT2D eigenvalue weighted by Crippen LogP contribution is 2.33. The van der Waals surface area contributed by atoms with E-state index in [1.54, 1.807) is 62.4 Å². The summed E-state index contributed by atoms with van der Waals surface area (Å²) in [6, 6.07) is 9.79. The minimum Gasteiger partial charge on any atom is -0.504 e. The number of benzene rings is 2. The van der Waals surface area contributed by atoms with Gasteiger partial charge in [-0.1, -0.05) is 41.1 Å². The standard InChI is InChI=1S/C28H27ClN2O5S/c1-5-8-19-13-17(14-21(25(19)32)35-6-2)15-22-26(33)31-24(18-9-11-20(29)12-10-18)23(27(34)36-7-3)16(4)30-28(31)37-22/h5,9-15,24,32H,1,6-8H2,2-4H3/b22-15+. The Morgan fingerprint density at radius 3 is 2.62 bits per heavy atom. The average molecular weight is 539 g/mol. The van der Waals surface area contributed by atoms with Crippen molar-refractivity contribution in [3.8, 4) is 11.5 Å². The lowest BCUT2D eigenvalue weighted by Gasteiger charge is -2.24. The molecular weight excluding hydrogens is 512 g/mol. The molecular formula is C28H27ClN2O5S. The fraction of sp³-hybridized carbons (Fsp3) is 0.250. The summed E-state index contributed by atoms with van der Waals surface area (Å²) in [5.41, 5.74) is 2.54. The third kappa shape index (κ3) is 5.26. The van der Waals surface area contributed by atoms with Gasteiger partial charge < -0.3 is 14.6 Å². The zero-order chi connectivity index (χ0) is 26.7. The summed E-state index contributed by atoms with van der Waals surface area (Å²) in [6.45, 7) is 9.63. The van der Waals surface area contributed by atoms with Gasteiger partial charge in [-0.3, -0.25) is 9.36 Å². The second-order valence-electron chi connectivity index (χ2n) is 8.31. The van der Waals surface area contributed by atoms with Crippen molar-refractivity contribution in [3.05, 3.63) is 102 Å². The average Bonchev–Trinajstić information content (AvgIpc) is 3.16. The highest BCUT2D eigenvalue weighted by Gasteiger charge is 2.33. The van der Waals surface area contributed by atoms with Gasteiger partial charge in [-0.25, -0.2) is 9.79 Å². The maximum atomic E-state index is 13.8. The van der Waals surface area contributed by atoms with Crippen molar-refractivity contribution >= 4 is 35.0 Å². The molecule has 0 radical (unpaired) electrons. The van der Waals surface area contributed by atoms with E-state index < -0.39 is 12.0 Å². The predicted octanol–water partition coefficient (Wildman–Crippen LogP) is 4.28. The number of esters is 1. The molecule has 192 valence electrons. The van der Waals surface area contributed by atoms with Gasteiger partial charge in [-0.05, 0) is 68.7 Å². The number of nitrogens with zero attached hydrogens (tertiary/aromatic N) is 2. The van der Waals surface area contributed by atoms with Crippen LogP contribution in [0.1, 0.15) is 43.5 Å². The quantitative estimate of drug-likeness (QED) is 0.341. The maximum absolute atomic E-state index is 13.8. The largest absolute Gasteiger partial charge is 0.504 e. The van der Waals surface area contributed by atoms with E-state index in [-0.39, 0.29) is 17.9 Å². The van der Waals surface area contributed by atoms with Crippen LogP contribution in [0.2, 0.25) is 5.02 Å². The monoisotopic (exact) mass is 538 g/mol. The summed E-state index contributed by atoms with van der Waals surface area (Å²) in [6.07, 6.45) is 3.86. The van der Waals surface area contributed by atoms with Crippen LogP contribution in [0.4, 0.5) is 0 Å². The minimum atomic E-state index is -0.718. The number of hydrogen-bond acceptors (Lipinski definition) is 7. The van der Waals surface area contributed by atoms with Crippen LogP contribution in [0.3, 0.4) is 0 Å². The molecule has 1 N–H and O–H groups in total. The molecule has 1 aromatic heterocycles. The van der Waals surface area contributed by atoms with Gasteiger partial charge in [-0.2, -0.15) is 0 Å². The molecule has 0 saturated carbocycles. The summed E-state index contributed by atoms with van der Waals surface area (Å²) in [5, 5.41) is 11.1. The van der Waals surface area contributed by atoms with E-state index in [1.807, 2.05) is 6.92 Å². The van der Waals surface area contributed by atoms with Crippen LogP contribution >= 0.6 is 22.9 Å². The smallest absolute Gasteiger partial charge is 0.338 e. The van der Waals surface area contributed by atoms with Gasteiger partial charge in [0.15, 0.2) is 16.3 Å². The maximum Gasteiger partial charge on any atom is 0.338 e. The summed E-state index contributed by atoms with van der Waals surface area (Å²) >= 11 is 7.33. The van der Waals surface area contributed by atoms with Crippen LogP contribution in [0, 0.1) is 0 Å². The predicted molar refractivity (Wildman–Crippen MR) is 145 cm³/mol. The number of phenols is 1. The third-order valence-corrected chi connectivity index (χ3v) is 7.08. The molecule has 2 aromatic carbocycles. The molecule has 1 aliphatic heterocycles. The molecule has 4 rings (SSSR count). The zero-order valence-electron chi connectivity index (χ0n) is 20.8. The first kappa shape index (κ1) is 26.4. The van der Waals surface area contributed by atoms with E-state index in [2.05, 4.69) is 11.6 Å². The molecule has 0 aliphatic carbocycles. The Labute approximate surface area is 223 Å². The molecule has 7 nitrogen and oxygen atoms in total. The minimum absolute atomic E-state index is 0.0535. The lowest BCUT2D eigenvalue weighted by molar-refractivity contribution is -0.139. The molecule has 2 heterocycles. The summed E-state index contributed by atoms with van der Waals surface area (Å²) < 4.78 is 12.9. The number of hydrogen-bond donors (Lipinski definition) is 1. The first-order valence-electron chi connectivity index (χ1n) is 11.8. The van der Waals surface area contributed by atoms with Crippen molar-refractivity contribution in [2.75, 3.05) is 13.2 Å². The van der Waals surface area contributed by atoms with Crippen molar-refractivity contribution in [1.82, 2.24) is 4.57 Å².